The van der Waals surface area contributed by atoms with Crippen molar-refractivity contribution in [1.82, 2.24) is 14.6 Å². The van der Waals surface area contributed by atoms with Crippen LogP contribution in [0.1, 0.15) is 31.9 Å². The zero-order chi connectivity index (χ0) is 29.6. The van der Waals surface area contributed by atoms with Crippen LogP contribution in [0.15, 0.2) is 76.7 Å². The standard InChI is InChI=1S/C28H29F2N5O4S2/c1-18(36)33-26-22(24-8-4-16-40-24)6-3-9-25(26)41(38,39)34-23(7-2-5-21-11-10-20(31)17-32-21)28(37)35-14-12-19(13-15-35)27(29)30/h2-6,8-11,16-17,23,34H,7,12-15,31H2,1H3,(H,33,36)/b5-2-/t23-/m0/s1. The number of piperidine rings is 1. The summed E-state index contributed by atoms with van der Waals surface area (Å²) in [4.78, 5) is 31.7. The van der Waals surface area contributed by atoms with Gasteiger partial charge in [-0.2, -0.15) is 13.5 Å². The molecule has 0 aliphatic carbocycles. The molecule has 1 atom stereocenters. The Balaban J connectivity index is 1.66. The van der Waals surface area contributed by atoms with E-state index in [2.05, 4.69) is 15.0 Å². The Bertz CT molecular complexity index is 1560. The van der Waals surface area contributed by atoms with Gasteiger partial charge in [0.2, 0.25) is 21.8 Å². The van der Waals surface area contributed by atoms with Crippen molar-refractivity contribution >= 4 is 50.6 Å². The lowest BCUT2D eigenvalue weighted by atomic mass is 10.0. The molecule has 3 heterocycles. The molecule has 0 saturated carbocycles. The van der Waals surface area contributed by atoms with E-state index in [9.17, 15) is 26.8 Å². The predicted molar refractivity (Wildman–Crippen MR) is 156 cm³/mol. The minimum absolute atomic E-state index is 0.00821. The number of nitrogens with zero attached hydrogens (tertiary/aromatic N) is 2. The van der Waals surface area contributed by atoms with Gasteiger partial charge in [-0.1, -0.05) is 24.3 Å². The lowest BCUT2D eigenvalue weighted by Crippen LogP contribution is -2.50. The molecule has 1 aromatic carbocycles. The van der Waals surface area contributed by atoms with Crippen LogP contribution in [0, 0.1) is 0 Å². The third-order valence-electron chi connectivity index (χ3n) is 6.41. The largest absolute Gasteiger partial charge is 0.397 e. The summed E-state index contributed by atoms with van der Waals surface area (Å²) >= 11 is 1.38. The number of benzene rings is 1. The fraction of sp³-hybridized carbons (Fsp3) is 0.250. The molecule has 2 aromatic heterocycles. The maximum atomic E-state index is 13.8. The molecule has 0 radical (unpaired) electrons. The van der Waals surface area contributed by atoms with Crippen LogP contribution in [-0.2, 0) is 19.6 Å². The van der Waals surface area contributed by atoms with Gasteiger partial charge in [-0.05, 0) is 60.6 Å². The Morgan fingerprint density at radius 3 is 2.51 bits per heavy atom. The molecule has 1 aliphatic rings. The summed E-state index contributed by atoms with van der Waals surface area (Å²) in [5.74, 6) is -1.01. The zero-order valence-corrected chi connectivity index (χ0v) is 23.8. The number of aromatic nitrogens is 1. The molecule has 1 fully saturated rings. The lowest BCUT2D eigenvalue weighted by molar-refractivity contribution is -0.133. The van der Waals surface area contributed by atoms with Gasteiger partial charge >= 0.3 is 0 Å². The number of pyridine rings is 1. The molecule has 4 N–H and O–H groups in total. The van der Waals surface area contributed by atoms with Crippen LogP contribution in [0.25, 0.3) is 16.5 Å². The molecule has 1 saturated heterocycles. The van der Waals surface area contributed by atoms with Crippen molar-refractivity contribution in [3.63, 3.8) is 0 Å². The first kappa shape index (κ1) is 30.0. The van der Waals surface area contributed by atoms with Crippen LogP contribution in [0.4, 0.5) is 20.2 Å². The second kappa shape index (κ2) is 13.1. The molecule has 0 spiro atoms. The monoisotopic (exact) mass is 601 g/mol. The molecule has 216 valence electrons. The molecule has 9 nitrogen and oxygen atoms in total. The highest BCUT2D eigenvalue weighted by molar-refractivity contribution is 7.89. The summed E-state index contributed by atoms with van der Waals surface area (Å²) in [5.41, 5.74) is 7.30. The van der Waals surface area contributed by atoms with Crippen molar-refractivity contribution in [1.29, 1.82) is 0 Å². The number of thiophene rings is 1. The number of anilines is 2. The van der Waals surface area contributed by atoms with Crippen molar-refractivity contribution in [2.45, 2.75) is 37.1 Å². The number of halogens is 2. The average Bonchev–Trinajstić information content (AvgIpc) is 3.48. The Morgan fingerprint density at radius 1 is 1.15 bits per heavy atom. The topological polar surface area (TPSA) is 134 Å². The number of nitrogen functional groups attached to an aromatic ring is 1. The molecule has 4 rings (SSSR count). The van der Waals surface area contributed by atoms with E-state index in [-0.39, 0.29) is 48.5 Å². The first-order chi connectivity index (χ1) is 19.5. The smallest absolute Gasteiger partial charge is 0.269 e. The Kier molecular flexibility index (Phi) is 9.63. The summed E-state index contributed by atoms with van der Waals surface area (Å²) in [6.07, 6.45) is 2.94. The number of nitrogens with one attached hydrogen (secondary N) is 2. The molecule has 0 unspecified atom stereocenters. The third kappa shape index (κ3) is 7.63. The van der Waals surface area contributed by atoms with E-state index in [1.807, 2.05) is 11.4 Å². The van der Waals surface area contributed by atoms with E-state index in [0.29, 0.717) is 16.9 Å². The quantitative estimate of drug-likeness (QED) is 0.320. The fourth-order valence-electron chi connectivity index (χ4n) is 4.39. The van der Waals surface area contributed by atoms with Crippen molar-refractivity contribution < 1.29 is 26.8 Å². The van der Waals surface area contributed by atoms with Crippen molar-refractivity contribution in [3.8, 4) is 10.4 Å². The van der Waals surface area contributed by atoms with E-state index >= 15 is 0 Å². The van der Waals surface area contributed by atoms with Crippen LogP contribution >= 0.6 is 11.3 Å². The third-order valence-corrected chi connectivity index (χ3v) is 8.83. The molecular weight excluding hydrogens is 572 g/mol. The number of likely N-dealkylation sites (tertiary alicyclic amines) is 1. The summed E-state index contributed by atoms with van der Waals surface area (Å²) in [5, 5.41) is 4.46. The zero-order valence-electron chi connectivity index (χ0n) is 22.1. The number of para-hydroxylation sites is 1. The van der Waals surface area contributed by atoms with Gasteiger partial charge in [0.05, 0.1) is 23.3 Å². The van der Waals surface area contributed by atoms with E-state index in [1.165, 1.54) is 35.4 Å². The van der Waals surface area contributed by atoms with Crippen LogP contribution in [-0.4, -0.2) is 49.2 Å². The van der Waals surface area contributed by atoms with Crippen LogP contribution < -0.4 is 15.8 Å². The number of amides is 2. The van der Waals surface area contributed by atoms with Gasteiger partial charge in [0.15, 0.2) is 0 Å². The van der Waals surface area contributed by atoms with Gasteiger partial charge in [0.25, 0.3) is 6.08 Å². The van der Waals surface area contributed by atoms with E-state index in [0.717, 1.165) is 4.88 Å². The van der Waals surface area contributed by atoms with Gasteiger partial charge in [-0.15, -0.1) is 11.3 Å². The van der Waals surface area contributed by atoms with Gasteiger partial charge in [-0.3, -0.25) is 14.6 Å². The summed E-state index contributed by atoms with van der Waals surface area (Å²) in [6.45, 7) is 1.35. The minimum Gasteiger partial charge on any atom is -0.397 e. The molecule has 41 heavy (non-hydrogen) atoms. The molecule has 2 amide bonds. The minimum atomic E-state index is -4.36. The molecule has 1 aliphatic heterocycles. The molecular formula is C28H29F2N5O4S2. The predicted octanol–water partition coefficient (Wildman–Crippen LogP) is 4.87. The normalized spacial score (nSPS) is 14.7. The highest BCUT2D eigenvalue weighted by atomic mass is 32.2. The number of rotatable bonds is 9. The Hall–Kier alpha value is -3.94. The Labute approximate surface area is 240 Å². The second-order valence-corrected chi connectivity index (χ2v) is 12.0. The highest BCUT2D eigenvalue weighted by Crippen LogP contribution is 2.36. The maximum absolute atomic E-state index is 13.8. The number of sulfonamides is 1. The van der Waals surface area contributed by atoms with Crippen molar-refractivity contribution in [2.24, 2.45) is 0 Å². The van der Waals surface area contributed by atoms with Crippen LogP contribution in [0.3, 0.4) is 0 Å². The van der Waals surface area contributed by atoms with Gasteiger partial charge in [0, 0.05) is 30.5 Å². The van der Waals surface area contributed by atoms with Crippen molar-refractivity contribution in [2.75, 3.05) is 24.1 Å². The maximum Gasteiger partial charge on any atom is 0.269 e. The SMILES string of the molecule is CC(=O)Nc1c(-c2cccs2)cccc1S(=O)(=O)N[C@@H](C/C=C\c1ccc(N)cn1)C(=O)N1CCC(=C(F)F)CC1. The molecule has 3 aromatic rings. The summed E-state index contributed by atoms with van der Waals surface area (Å²) in [7, 11) is -4.36. The first-order valence-corrected chi connectivity index (χ1v) is 15.1. The summed E-state index contributed by atoms with van der Waals surface area (Å²) < 4.78 is 56.2. The fourth-order valence-corrected chi connectivity index (χ4v) is 6.54. The van der Waals surface area contributed by atoms with Crippen LogP contribution in [0.2, 0.25) is 0 Å². The molecule has 0 bridgehead atoms. The van der Waals surface area contributed by atoms with Crippen LogP contribution in [0.5, 0.6) is 0 Å². The molecule has 13 heteroatoms. The number of nitrogens with two attached hydrogens (primary N) is 1. The number of hydrogen-bond donors (Lipinski definition) is 3. The lowest BCUT2D eigenvalue weighted by Gasteiger charge is -2.31. The summed E-state index contributed by atoms with van der Waals surface area (Å²) in [6, 6.07) is 10.3. The number of hydrogen-bond acceptors (Lipinski definition) is 7. The number of carbonyl (C=O) groups is 2. The van der Waals surface area contributed by atoms with Gasteiger partial charge < -0.3 is 16.0 Å². The van der Waals surface area contributed by atoms with Crippen molar-refractivity contribution in [3.05, 3.63) is 77.5 Å². The highest BCUT2D eigenvalue weighted by Gasteiger charge is 2.32. The van der Waals surface area contributed by atoms with Gasteiger partial charge in [-0.25, -0.2) is 8.42 Å². The second-order valence-electron chi connectivity index (χ2n) is 9.35. The van der Waals surface area contributed by atoms with E-state index < -0.39 is 34.0 Å². The number of carbonyl (C=O) groups excluding carboxylic acids is 2. The van der Waals surface area contributed by atoms with Gasteiger partial charge in [0.1, 0.15) is 10.9 Å². The Morgan fingerprint density at radius 2 is 1.90 bits per heavy atom. The van der Waals surface area contributed by atoms with E-state index in [1.54, 1.807) is 42.5 Å². The van der Waals surface area contributed by atoms with E-state index in [4.69, 9.17) is 5.73 Å². The first-order valence-electron chi connectivity index (χ1n) is 12.7. The average molecular weight is 602 g/mol.